The van der Waals surface area contributed by atoms with E-state index >= 15 is 0 Å². The number of hydrogen-bond acceptors (Lipinski definition) is 5. The molecular weight excluding hydrogens is 232 g/mol. The number of aromatic nitrogens is 2. The molecule has 0 saturated carbocycles. The summed E-state index contributed by atoms with van der Waals surface area (Å²) in [6, 6.07) is 4.00. The van der Waals surface area contributed by atoms with Crippen molar-refractivity contribution in [3.63, 3.8) is 0 Å². The topological polar surface area (TPSA) is 63.8 Å². The van der Waals surface area contributed by atoms with Crippen LogP contribution in [0.25, 0.3) is 0 Å². The van der Waals surface area contributed by atoms with Crippen LogP contribution in [0.3, 0.4) is 0 Å². The molecule has 0 atom stereocenters. The summed E-state index contributed by atoms with van der Waals surface area (Å²) in [4.78, 5) is 9.89. The molecule has 5 heteroatoms. The Bertz CT molecular complexity index is 481. The van der Waals surface area contributed by atoms with Gasteiger partial charge in [-0.25, -0.2) is 9.97 Å². The average Bonchev–Trinajstić information content (AvgIpc) is 2.73. The van der Waals surface area contributed by atoms with Crippen LogP contribution in [0.15, 0.2) is 23.7 Å². The first-order valence-corrected chi connectivity index (χ1v) is 6.46. The molecule has 2 heterocycles. The molecule has 0 saturated heterocycles. The number of nitrogens with two attached hydrogens (primary N) is 1. The average molecular weight is 248 g/mol. The van der Waals surface area contributed by atoms with E-state index in [9.17, 15) is 0 Å². The van der Waals surface area contributed by atoms with Crippen molar-refractivity contribution < 1.29 is 0 Å². The van der Waals surface area contributed by atoms with Crippen molar-refractivity contribution in [1.29, 1.82) is 0 Å². The number of rotatable bonds is 5. The van der Waals surface area contributed by atoms with E-state index in [0.29, 0.717) is 13.0 Å². The Balaban J connectivity index is 1.99. The maximum absolute atomic E-state index is 5.48. The van der Waals surface area contributed by atoms with E-state index in [4.69, 9.17) is 5.73 Å². The third kappa shape index (κ3) is 3.25. The van der Waals surface area contributed by atoms with Gasteiger partial charge in [0.25, 0.3) is 0 Å². The fourth-order valence-corrected chi connectivity index (χ4v) is 2.35. The Morgan fingerprint density at radius 3 is 3.00 bits per heavy atom. The Kier molecular flexibility index (Phi) is 4.06. The molecule has 2 aromatic rings. The van der Waals surface area contributed by atoms with Gasteiger partial charge in [0.1, 0.15) is 11.6 Å². The molecule has 0 unspecified atom stereocenters. The Morgan fingerprint density at radius 2 is 2.29 bits per heavy atom. The molecule has 0 aliphatic carbocycles. The van der Waals surface area contributed by atoms with Crippen molar-refractivity contribution in [3.05, 3.63) is 40.0 Å². The van der Waals surface area contributed by atoms with E-state index in [1.807, 2.05) is 6.07 Å². The fraction of sp³-hybridized carbons (Fsp3) is 0.333. The molecule has 0 fully saturated rings. The summed E-state index contributed by atoms with van der Waals surface area (Å²) < 4.78 is 0. The van der Waals surface area contributed by atoms with E-state index in [1.165, 1.54) is 10.4 Å². The Labute approximate surface area is 105 Å². The van der Waals surface area contributed by atoms with Crippen LogP contribution in [0, 0.1) is 6.92 Å². The van der Waals surface area contributed by atoms with Crippen LogP contribution in [0.2, 0.25) is 0 Å². The molecule has 0 aromatic carbocycles. The summed E-state index contributed by atoms with van der Waals surface area (Å²) >= 11 is 1.76. The van der Waals surface area contributed by atoms with Crippen molar-refractivity contribution >= 4 is 17.2 Å². The second-order valence-electron chi connectivity index (χ2n) is 3.78. The maximum Gasteiger partial charge on any atom is 0.131 e. The Hall–Kier alpha value is -1.46. The van der Waals surface area contributed by atoms with Crippen molar-refractivity contribution in [3.8, 4) is 0 Å². The molecule has 90 valence electrons. The van der Waals surface area contributed by atoms with Gasteiger partial charge in [0, 0.05) is 17.5 Å². The number of aryl methyl sites for hydroxylation is 1. The molecule has 0 bridgehead atoms. The third-order valence-corrected chi connectivity index (χ3v) is 3.49. The molecule has 0 spiro atoms. The standard InChI is InChI=1S/C12H16N4S/c1-9-4-7-17-10(9)8-15-12-3-6-14-11(16-12)2-5-13/h3-4,6-7H,2,5,8,13H2,1H3,(H,14,15,16). The van der Waals surface area contributed by atoms with Crippen molar-refractivity contribution in [1.82, 2.24) is 9.97 Å². The normalized spacial score (nSPS) is 10.5. The number of thiophene rings is 1. The van der Waals surface area contributed by atoms with Crippen LogP contribution in [-0.4, -0.2) is 16.5 Å². The molecule has 2 aromatic heterocycles. The highest BCUT2D eigenvalue weighted by Crippen LogP contribution is 2.16. The van der Waals surface area contributed by atoms with Gasteiger partial charge in [-0.1, -0.05) is 0 Å². The van der Waals surface area contributed by atoms with Gasteiger partial charge < -0.3 is 11.1 Å². The van der Waals surface area contributed by atoms with Gasteiger partial charge >= 0.3 is 0 Å². The fourth-order valence-electron chi connectivity index (χ4n) is 1.50. The first kappa shape index (κ1) is 12.0. The van der Waals surface area contributed by atoms with Crippen molar-refractivity contribution in [2.75, 3.05) is 11.9 Å². The summed E-state index contributed by atoms with van der Waals surface area (Å²) in [5.41, 5.74) is 6.80. The van der Waals surface area contributed by atoms with Crippen molar-refractivity contribution in [2.24, 2.45) is 5.73 Å². The van der Waals surface area contributed by atoms with Crippen LogP contribution in [0.1, 0.15) is 16.3 Å². The maximum atomic E-state index is 5.48. The first-order valence-electron chi connectivity index (χ1n) is 5.58. The lowest BCUT2D eigenvalue weighted by atomic mass is 10.3. The molecule has 3 N–H and O–H groups in total. The minimum Gasteiger partial charge on any atom is -0.365 e. The van der Waals surface area contributed by atoms with E-state index < -0.39 is 0 Å². The number of nitrogens with zero attached hydrogens (tertiary/aromatic N) is 2. The summed E-state index contributed by atoms with van der Waals surface area (Å²) in [6.07, 6.45) is 2.48. The zero-order valence-corrected chi connectivity index (χ0v) is 10.6. The molecule has 0 amide bonds. The monoisotopic (exact) mass is 248 g/mol. The van der Waals surface area contributed by atoms with E-state index in [1.54, 1.807) is 17.5 Å². The summed E-state index contributed by atoms with van der Waals surface area (Å²) in [7, 11) is 0. The van der Waals surface area contributed by atoms with E-state index in [-0.39, 0.29) is 0 Å². The van der Waals surface area contributed by atoms with E-state index in [2.05, 4.69) is 33.7 Å². The first-order chi connectivity index (χ1) is 8.29. The summed E-state index contributed by atoms with van der Waals surface area (Å²) in [5.74, 6) is 1.65. The predicted octanol–water partition coefficient (Wildman–Crippen LogP) is 1.96. The molecule has 0 radical (unpaired) electrons. The minimum atomic E-state index is 0.577. The van der Waals surface area contributed by atoms with Crippen LogP contribution < -0.4 is 11.1 Å². The zero-order valence-electron chi connectivity index (χ0n) is 9.81. The number of nitrogens with one attached hydrogen (secondary N) is 1. The van der Waals surface area contributed by atoms with Gasteiger partial charge in [0.05, 0.1) is 6.54 Å². The quantitative estimate of drug-likeness (QED) is 0.849. The number of hydrogen-bond donors (Lipinski definition) is 2. The molecule has 17 heavy (non-hydrogen) atoms. The van der Waals surface area contributed by atoms with Gasteiger partial charge in [0.2, 0.25) is 0 Å². The van der Waals surface area contributed by atoms with Crippen LogP contribution in [-0.2, 0) is 13.0 Å². The van der Waals surface area contributed by atoms with Gasteiger partial charge in [-0.2, -0.15) is 0 Å². The van der Waals surface area contributed by atoms with E-state index in [0.717, 1.165) is 18.2 Å². The zero-order chi connectivity index (χ0) is 12.1. The second-order valence-corrected chi connectivity index (χ2v) is 4.78. The lowest BCUT2D eigenvalue weighted by molar-refractivity contribution is 0.866. The highest BCUT2D eigenvalue weighted by Gasteiger charge is 2.01. The highest BCUT2D eigenvalue weighted by atomic mass is 32.1. The Morgan fingerprint density at radius 1 is 1.41 bits per heavy atom. The third-order valence-electron chi connectivity index (χ3n) is 2.47. The van der Waals surface area contributed by atoms with Gasteiger partial charge in [-0.05, 0) is 36.5 Å². The second kappa shape index (κ2) is 5.75. The predicted molar refractivity (Wildman–Crippen MR) is 71.2 cm³/mol. The SMILES string of the molecule is Cc1ccsc1CNc1ccnc(CCN)n1. The molecule has 2 rings (SSSR count). The molecule has 0 aliphatic rings. The van der Waals surface area contributed by atoms with Crippen molar-refractivity contribution in [2.45, 2.75) is 19.9 Å². The molecule has 0 aliphatic heterocycles. The molecule has 4 nitrogen and oxygen atoms in total. The highest BCUT2D eigenvalue weighted by molar-refractivity contribution is 7.10. The smallest absolute Gasteiger partial charge is 0.131 e. The van der Waals surface area contributed by atoms with Gasteiger partial charge in [0.15, 0.2) is 0 Å². The van der Waals surface area contributed by atoms with Crippen LogP contribution in [0.4, 0.5) is 5.82 Å². The largest absolute Gasteiger partial charge is 0.365 e. The molecular formula is C12H16N4S. The minimum absolute atomic E-state index is 0.577. The van der Waals surface area contributed by atoms with Crippen LogP contribution in [0.5, 0.6) is 0 Å². The van der Waals surface area contributed by atoms with Gasteiger partial charge in [-0.3, -0.25) is 0 Å². The summed E-state index contributed by atoms with van der Waals surface area (Å²) in [6.45, 7) is 3.50. The summed E-state index contributed by atoms with van der Waals surface area (Å²) in [5, 5.41) is 5.41. The number of anilines is 1. The van der Waals surface area contributed by atoms with Crippen LogP contribution >= 0.6 is 11.3 Å². The lowest BCUT2D eigenvalue weighted by Crippen LogP contribution is -2.08. The van der Waals surface area contributed by atoms with Gasteiger partial charge in [-0.15, -0.1) is 11.3 Å². The lowest BCUT2D eigenvalue weighted by Gasteiger charge is -2.06.